The Balaban J connectivity index is 1.28. The topological polar surface area (TPSA) is 150 Å². The Morgan fingerprint density at radius 2 is 1.71 bits per heavy atom. The van der Waals surface area contributed by atoms with E-state index < -0.39 is 51.5 Å². The Bertz CT molecular complexity index is 1120. The molecule has 0 heterocycles. The van der Waals surface area contributed by atoms with E-state index in [4.69, 9.17) is 4.74 Å². The second-order valence-corrected chi connectivity index (χ2v) is 15.5. The second kappa shape index (κ2) is 12.2. The minimum atomic E-state index is -5.76. The van der Waals surface area contributed by atoms with Crippen molar-refractivity contribution in [3.63, 3.8) is 0 Å². The van der Waals surface area contributed by atoms with Crippen molar-refractivity contribution < 1.29 is 51.2 Å². The number of halogens is 3. The van der Waals surface area contributed by atoms with Gasteiger partial charge in [-0.1, -0.05) is 20.8 Å². The first-order valence-corrected chi connectivity index (χ1v) is 16.7. The molecule has 4 saturated carbocycles. The third kappa shape index (κ3) is 6.21. The Kier molecular flexibility index (Phi) is 9.68. The van der Waals surface area contributed by atoms with Gasteiger partial charge in [0.15, 0.2) is 0 Å². The Hall–Kier alpha value is -1.44. The van der Waals surface area contributed by atoms with E-state index in [-0.39, 0.29) is 66.5 Å². The number of hydrogen-bond donors (Lipinski definition) is 4. The maximum atomic E-state index is 12.4. The number of carbonyl (C=O) groups excluding carboxylic acids is 2. The third-order valence-electron chi connectivity index (χ3n) is 11.7. The van der Waals surface area contributed by atoms with Gasteiger partial charge in [-0.15, -0.1) is 0 Å². The molecule has 0 saturated heterocycles. The van der Waals surface area contributed by atoms with Crippen LogP contribution < -0.4 is 4.72 Å². The van der Waals surface area contributed by atoms with E-state index in [1.807, 2.05) is 0 Å². The molecule has 11 atom stereocenters. The fourth-order valence-corrected chi connectivity index (χ4v) is 9.95. The average molecular weight is 626 g/mol. The lowest BCUT2D eigenvalue weighted by Gasteiger charge is -2.63. The number of nitrogens with one attached hydrogen (secondary N) is 1. The summed E-state index contributed by atoms with van der Waals surface area (Å²) in [5, 5.41) is 33.3. The number of rotatable bonds is 9. The molecule has 0 aliphatic heterocycles. The summed E-state index contributed by atoms with van der Waals surface area (Å²) in [6.45, 7) is 6.26. The standard InChI is InChI=1S/C29H46F3NO8S/c1-16(6-9-25(38)41-12-4-5-24(37)33-42(39,40)29(30,31)32)19-7-8-20-26-21(15-23(36)28(19,20)3)27(2)11-10-18(34)13-17(27)14-22(26)35/h16-23,26,34-36H,4-15H2,1-3H3,(H,33,37)/t16-,17+,18?,19-,20+,21+,22?,23?,26+,27?,28-/m1/s1. The number of fused-ring (bicyclic) bond motifs is 5. The minimum Gasteiger partial charge on any atom is -0.466 e. The predicted octanol–water partition coefficient (Wildman–Crippen LogP) is 3.65. The molecule has 0 aromatic carbocycles. The van der Waals surface area contributed by atoms with E-state index in [1.54, 1.807) is 0 Å². The minimum absolute atomic E-state index is 0.00778. The SMILES string of the molecule is C[C@H](CCC(=O)OCCCC(=O)NS(=O)(=O)C(F)(F)F)[C@H]1CC[C@H]2[C@@H]3C(O)C[C@@H]4CC(O)CCC4(C)[C@H]3CC(O)[C@]12C. The highest BCUT2D eigenvalue weighted by Gasteiger charge is 2.65. The number of sulfonamides is 1. The first-order valence-electron chi connectivity index (χ1n) is 15.2. The Morgan fingerprint density at radius 3 is 2.38 bits per heavy atom. The van der Waals surface area contributed by atoms with Crippen molar-refractivity contribution in [3.8, 4) is 0 Å². The summed E-state index contributed by atoms with van der Waals surface area (Å²) in [5.74, 6) is -0.899. The average Bonchev–Trinajstić information content (AvgIpc) is 3.24. The molecule has 4 rings (SSSR count). The molecule has 9 nitrogen and oxygen atoms in total. The number of carbonyl (C=O) groups is 2. The van der Waals surface area contributed by atoms with Gasteiger partial charge in [0, 0.05) is 12.8 Å². The molecular formula is C29H46F3NO8S. The van der Waals surface area contributed by atoms with Gasteiger partial charge in [0.25, 0.3) is 0 Å². The number of ether oxygens (including phenoxy) is 1. The van der Waals surface area contributed by atoms with Gasteiger partial charge in [-0.2, -0.15) is 21.6 Å². The molecule has 0 bridgehead atoms. The van der Waals surface area contributed by atoms with Crippen molar-refractivity contribution in [1.29, 1.82) is 0 Å². The van der Waals surface area contributed by atoms with Crippen LogP contribution in [0.4, 0.5) is 13.2 Å². The van der Waals surface area contributed by atoms with E-state index in [9.17, 15) is 46.5 Å². The van der Waals surface area contributed by atoms with Crippen LogP contribution in [-0.2, 0) is 24.3 Å². The number of hydrogen-bond acceptors (Lipinski definition) is 8. The number of aliphatic hydroxyl groups is 3. The monoisotopic (exact) mass is 625 g/mol. The van der Waals surface area contributed by atoms with Crippen molar-refractivity contribution in [2.24, 2.45) is 46.3 Å². The van der Waals surface area contributed by atoms with Gasteiger partial charge in [0.2, 0.25) is 5.91 Å². The van der Waals surface area contributed by atoms with Crippen molar-refractivity contribution >= 4 is 21.9 Å². The summed E-state index contributed by atoms with van der Waals surface area (Å²) in [6, 6.07) is 0. The molecule has 13 heteroatoms. The van der Waals surface area contributed by atoms with Crippen LogP contribution in [0.2, 0.25) is 0 Å². The van der Waals surface area contributed by atoms with Crippen LogP contribution in [0.3, 0.4) is 0 Å². The zero-order valence-corrected chi connectivity index (χ0v) is 25.4. The molecule has 4 aliphatic rings. The summed E-state index contributed by atoms with van der Waals surface area (Å²) in [4.78, 5) is 23.9. The first kappa shape index (κ1) is 33.5. The normalized spacial score (nSPS) is 40.8. The largest absolute Gasteiger partial charge is 0.516 e. The van der Waals surface area contributed by atoms with E-state index in [0.29, 0.717) is 25.7 Å². The molecular weight excluding hydrogens is 579 g/mol. The molecule has 0 radical (unpaired) electrons. The summed E-state index contributed by atoms with van der Waals surface area (Å²) in [7, 11) is -5.76. The van der Waals surface area contributed by atoms with Crippen LogP contribution in [0.1, 0.15) is 91.4 Å². The van der Waals surface area contributed by atoms with Gasteiger partial charge in [0.1, 0.15) is 0 Å². The highest BCUT2D eigenvalue weighted by Crippen LogP contribution is 2.68. The Morgan fingerprint density at radius 1 is 1.02 bits per heavy atom. The highest BCUT2D eigenvalue weighted by atomic mass is 32.2. The lowest BCUT2D eigenvalue weighted by atomic mass is 9.43. The van der Waals surface area contributed by atoms with Crippen LogP contribution in [0.15, 0.2) is 0 Å². The molecule has 0 aromatic rings. The first-order chi connectivity index (χ1) is 19.4. The van der Waals surface area contributed by atoms with Gasteiger partial charge < -0.3 is 20.1 Å². The quantitative estimate of drug-likeness (QED) is 0.224. The van der Waals surface area contributed by atoms with Crippen LogP contribution in [0, 0.1) is 46.3 Å². The fraction of sp³-hybridized carbons (Fsp3) is 0.931. The summed E-state index contributed by atoms with van der Waals surface area (Å²) in [6.07, 6.45) is 4.08. The number of esters is 1. The maximum Gasteiger partial charge on any atom is 0.516 e. The molecule has 0 aromatic heterocycles. The molecule has 242 valence electrons. The van der Waals surface area contributed by atoms with Gasteiger partial charge in [0.05, 0.1) is 24.9 Å². The van der Waals surface area contributed by atoms with Crippen molar-refractivity contribution in [3.05, 3.63) is 0 Å². The van der Waals surface area contributed by atoms with Crippen LogP contribution in [0.25, 0.3) is 0 Å². The third-order valence-corrected chi connectivity index (χ3v) is 12.8. The smallest absolute Gasteiger partial charge is 0.466 e. The zero-order valence-electron chi connectivity index (χ0n) is 24.6. The molecule has 4 aliphatic carbocycles. The van der Waals surface area contributed by atoms with Crippen molar-refractivity contribution in [1.82, 2.24) is 4.72 Å². The van der Waals surface area contributed by atoms with E-state index in [0.717, 1.165) is 30.4 Å². The van der Waals surface area contributed by atoms with Gasteiger partial charge in [-0.3, -0.25) is 9.59 Å². The van der Waals surface area contributed by atoms with E-state index in [1.165, 1.54) is 0 Å². The maximum absolute atomic E-state index is 12.4. The van der Waals surface area contributed by atoms with Gasteiger partial charge >= 0.3 is 21.5 Å². The number of aliphatic hydroxyl groups excluding tert-OH is 3. The van der Waals surface area contributed by atoms with Gasteiger partial charge in [-0.05, 0) is 104 Å². The van der Waals surface area contributed by atoms with Crippen molar-refractivity contribution in [2.75, 3.05) is 6.61 Å². The van der Waals surface area contributed by atoms with Crippen LogP contribution in [0.5, 0.6) is 0 Å². The number of alkyl halides is 3. The van der Waals surface area contributed by atoms with E-state index in [2.05, 4.69) is 20.8 Å². The van der Waals surface area contributed by atoms with Crippen molar-refractivity contribution in [2.45, 2.75) is 115 Å². The second-order valence-electron chi connectivity index (χ2n) is 13.8. The van der Waals surface area contributed by atoms with E-state index >= 15 is 0 Å². The summed E-state index contributed by atoms with van der Waals surface area (Å²) < 4.78 is 65.1. The molecule has 42 heavy (non-hydrogen) atoms. The lowest BCUT2D eigenvalue weighted by Crippen LogP contribution is -2.62. The molecule has 0 spiro atoms. The highest BCUT2D eigenvalue weighted by molar-refractivity contribution is 7.90. The summed E-state index contributed by atoms with van der Waals surface area (Å²) >= 11 is 0. The predicted molar refractivity (Wildman–Crippen MR) is 146 cm³/mol. The number of amides is 1. The van der Waals surface area contributed by atoms with Crippen LogP contribution in [-0.4, -0.2) is 66.0 Å². The van der Waals surface area contributed by atoms with Gasteiger partial charge in [-0.25, -0.2) is 4.72 Å². The molecule has 4 unspecified atom stereocenters. The fourth-order valence-electron chi connectivity index (χ4n) is 9.43. The van der Waals surface area contributed by atoms with Crippen LogP contribution >= 0.6 is 0 Å². The summed E-state index contributed by atoms with van der Waals surface area (Å²) in [5.41, 5.74) is -5.99. The molecule has 4 fully saturated rings. The zero-order chi connectivity index (χ0) is 31.3. The Labute approximate surface area is 246 Å². The molecule has 1 amide bonds. The lowest BCUT2D eigenvalue weighted by molar-refractivity contribution is -0.207. The molecule has 4 N–H and O–H groups in total.